The van der Waals surface area contributed by atoms with Crippen molar-refractivity contribution in [3.05, 3.63) is 168 Å². The Morgan fingerprint density at radius 3 is 1.82 bits per heavy atom. The molecule has 0 saturated heterocycles. The molecular formula is C42H28N4O2S. The smallest absolute Gasteiger partial charge is 0.275 e. The molecule has 0 fully saturated rings. The molecule has 6 aromatic carbocycles. The molecule has 2 aromatic heterocycles. The normalized spacial score (nSPS) is 11.0. The van der Waals surface area contributed by atoms with E-state index in [1.54, 1.807) is 0 Å². The molecule has 2 N–H and O–H groups in total. The van der Waals surface area contributed by atoms with Crippen LogP contribution in [-0.2, 0) is 0 Å². The molecule has 0 saturated carbocycles. The van der Waals surface area contributed by atoms with Crippen LogP contribution in [0.1, 0.15) is 20.2 Å². The zero-order valence-electron chi connectivity index (χ0n) is 26.1. The number of hydrogen-bond donors (Lipinski definition) is 2. The van der Waals surface area contributed by atoms with Crippen LogP contribution >= 0.6 is 11.3 Å². The summed E-state index contributed by atoms with van der Waals surface area (Å²) >= 11 is 1.48. The summed E-state index contributed by atoms with van der Waals surface area (Å²) in [6.45, 7) is 0. The van der Waals surface area contributed by atoms with Gasteiger partial charge in [-0.05, 0) is 64.0 Å². The predicted octanol–water partition coefficient (Wildman–Crippen LogP) is 10.4. The van der Waals surface area contributed by atoms with Gasteiger partial charge in [-0.1, -0.05) is 115 Å². The number of carbonyl (C=O) groups is 2. The average molecular weight is 653 g/mol. The van der Waals surface area contributed by atoms with E-state index in [0.717, 1.165) is 49.0 Å². The average Bonchev–Trinajstić information content (AvgIpc) is 3.60. The fourth-order valence-electron chi connectivity index (χ4n) is 6.10. The molecule has 0 radical (unpaired) electrons. The van der Waals surface area contributed by atoms with Gasteiger partial charge in [0.25, 0.3) is 11.8 Å². The molecule has 8 aromatic rings. The molecule has 8 rings (SSSR count). The Labute approximate surface area is 286 Å². The van der Waals surface area contributed by atoms with Gasteiger partial charge < -0.3 is 10.6 Å². The van der Waals surface area contributed by atoms with Crippen LogP contribution in [0.2, 0.25) is 0 Å². The van der Waals surface area contributed by atoms with Crippen molar-refractivity contribution in [1.29, 1.82) is 0 Å². The van der Waals surface area contributed by atoms with E-state index in [9.17, 15) is 9.59 Å². The number of amides is 2. The van der Waals surface area contributed by atoms with Crippen molar-refractivity contribution in [2.45, 2.75) is 0 Å². The van der Waals surface area contributed by atoms with Gasteiger partial charge in [-0.2, -0.15) is 0 Å². The highest BCUT2D eigenvalue weighted by atomic mass is 32.1. The molecule has 0 bridgehead atoms. The summed E-state index contributed by atoms with van der Waals surface area (Å²) in [5.74, 6) is -0.506. The Hall–Kier alpha value is -6.44. The number of nitrogens with one attached hydrogen (secondary N) is 2. The number of aromatic nitrogens is 2. The summed E-state index contributed by atoms with van der Waals surface area (Å²) in [7, 11) is 0. The van der Waals surface area contributed by atoms with Crippen LogP contribution in [0.3, 0.4) is 0 Å². The lowest BCUT2D eigenvalue weighted by Gasteiger charge is -2.20. The molecule has 0 aliphatic carbocycles. The molecule has 49 heavy (non-hydrogen) atoms. The van der Waals surface area contributed by atoms with Gasteiger partial charge in [0.15, 0.2) is 0 Å². The van der Waals surface area contributed by atoms with Crippen molar-refractivity contribution in [1.82, 2.24) is 9.97 Å². The number of nitrogens with zero attached hydrogens (tertiary/aromatic N) is 2. The minimum atomic E-state index is -0.350. The van der Waals surface area contributed by atoms with Crippen molar-refractivity contribution in [2.24, 2.45) is 0 Å². The van der Waals surface area contributed by atoms with E-state index in [2.05, 4.69) is 44.9 Å². The fourth-order valence-corrected chi connectivity index (χ4v) is 7.06. The summed E-state index contributed by atoms with van der Waals surface area (Å²) in [5, 5.41) is 7.34. The van der Waals surface area contributed by atoms with E-state index in [-0.39, 0.29) is 17.5 Å². The van der Waals surface area contributed by atoms with E-state index in [4.69, 9.17) is 0 Å². The number of fused-ring (bicyclic) bond motifs is 2. The van der Waals surface area contributed by atoms with Crippen LogP contribution in [0.15, 0.2) is 158 Å². The van der Waals surface area contributed by atoms with Crippen molar-refractivity contribution >= 4 is 55.6 Å². The first-order valence-electron chi connectivity index (χ1n) is 15.8. The van der Waals surface area contributed by atoms with E-state index in [1.165, 1.54) is 17.5 Å². The van der Waals surface area contributed by atoms with Gasteiger partial charge in [0.2, 0.25) is 0 Å². The van der Waals surface area contributed by atoms with Gasteiger partial charge >= 0.3 is 0 Å². The molecule has 7 heteroatoms. The first kappa shape index (κ1) is 29.9. The molecule has 6 nitrogen and oxygen atoms in total. The molecule has 234 valence electrons. The number of benzene rings is 6. The van der Waals surface area contributed by atoms with Crippen LogP contribution in [-0.4, -0.2) is 21.8 Å². The van der Waals surface area contributed by atoms with Crippen LogP contribution in [0.4, 0.5) is 11.4 Å². The second kappa shape index (κ2) is 13.0. The predicted molar refractivity (Wildman–Crippen MR) is 200 cm³/mol. The maximum Gasteiger partial charge on any atom is 0.275 e. The van der Waals surface area contributed by atoms with Gasteiger partial charge in [-0.25, -0.2) is 4.98 Å². The third-order valence-corrected chi connectivity index (χ3v) is 9.50. The highest BCUT2D eigenvalue weighted by molar-refractivity contribution is 7.20. The van der Waals surface area contributed by atoms with Gasteiger partial charge in [-0.15, -0.1) is 11.3 Å². The molecule has 2 heterocycles. The molecule has 0 atom stereocenters. The van der Waals surface area contributed by atoms with Crippen molar-refractivity contribution in [3.8, 4) is 33.4 Å². The number of anilines is 2. The molecule has 0 aliphatic rings. The fraction of sp³-hybridized carbons (Fsp3) is 0. The monoisotopic (exact) mass is 652 g/mol. The van der Waals surface area contributed by atoms with Crippen LogP contribution < -0.4 is 10.6 Å². The first-order chi connectivity index (χ1) is 24.1. The number of para-hydroxylation sites is 4. The molecule has 0 unspecified atom stereocenters. The third-order valence-electron chi connectivity index (χ3n) is 8.39. The highest BCUT2D eigenvalue weighted by Crippen LogP contribution is 2.44. The summed E-state index contributed by atoms with van der Waals surface area (Å²) < 4.78 is 1.07. The van der Waals surface area contributed by atoms with Gasteiger partial charge in [-0.3, -0.25) is 14.6 Å². The van der Waals surface area contributed by atoms with Crippen LogP contribution in [0, 0.1) is 0 Å². The summed E-state index contributed by atoms with van der Waals surface area (Å²) in [4.78, 5) is 36.8. The quantitative estimate of drug-likeness (QED) is 0.179. The van der Waals surface area contributed by atoms with Crippen molar-refractivity contribution in [2.75, 3.05) is 10.6 Å². The van der Waals surface area contributed by atoms with E-state index in [0.29, 0.717) is 21.8 Å². The largest absolute Gasteiger partial charge is 0.321 e. The first-order valence-corrected chi connectivity index (χ1v) is 16.6. The molecule has 0 aliphatic heterocycles. The summed E-state index contributed by atoms with van der Waals surface area (Å²) in [5.41, 5.74) is 8.52. The van der Waals surface area contributed by atoms with E-state index >= 15 is 0 Å². The Morgan fingerprint density at radius 1 is 0.531 bits per heavy atom. The zero-order chi connectivity index (χ0) is 33.2. The Bertz CT molecular complexity index is 2470. The second-order valence-corrected chi connectivity index (χ2v) is 12.6. The maximum absolute atomic E-state index is 13.6. The summed E-state index contributed by atoms with van der Waals surface area (Å²) in [6, 6.07) is 49.3. The minimum absolute atomic E-state index is 0.157. The maximum atomic E-state index is 13.6. The lowest BCUT2D eigenvalue weighted by atomic mass is 9.86. The van der Waals surface area contributed by atoms with Gasteiger partial charge in [0.05, 0.1) is 22.1 Å². The van der Waals surface area contributed by atoms with E-state index in [1.807, 2.05) is 127 Å². The van der Waals surface area contributed by atoms with Gasteiger partial charge in [0.1, 0.15) is 5.69 Å². The standard InChI is InChI=1S/C42H28N4O2S/c47-41(37-26-43-35-22-9-10-23-36(35)44-37)45-33-20-7-5-16-29(33)31-18-12-19-32(40(31)27-13-2-1-3-14-27)30-17-6-8-21-34(30)46-42(48)39-25-28-15-4-11-24-38(28)49-39/h1-26H,(H,45,47)(H,46,48). The topological polar surface area (TPSA) is 84.0 Å². The van der Waals surface area contributed by atoms with Gasteiger partial charge in [0, 0.05) is 27.2 Å². The molecule has 2 amide bonds. The number of thiophene rings is 1. The Kier molecular flexibility index (Phi) is 7.93. The number of rotatable bonds is 7. The van der Waals surface area contributed by atoms with E-state index < -0.39 is 0 Å². The SMILES string of the molecule is O=C(Nc1ccccc1-c1cccc(-c2ccccc2NC(=O)c2cc3ccccc3s2)c1-c1ccccc1)c1cnc2ccccc2n1. The lowest BCUT2D eigenvalue weighted by molar-refractivity contribution is 0.101. The highest BCUT2D eigenvalue weighted by Gasteiger charge is 2.20. The zero-order valence-corrected chi connectivity index (χ0v) is 26.9. The molecular weight excluding hydrogens is 625 g/mol. The number of hydrogen-bond acceptors (Lipinski definition) is 5. The summed E-state index contributed by atoms with van der Waals surface area (Å²) in [6.07, 6.45) is 1.50. The minimum Gasteiger partial charge on any atom is -0.321 e. The second-order valence-electron chi connectivity index (χ2n) is 11.5. The Balaban J connectivity index is 1.21. The Morgan fingerprint density at radius 2 is 1.10 bits per heavy atom. The molecule has 0 spiro atoms. The van der Waals surface area contributed by atoms with Crippen LogP contribution in [0.25, 0.3) is 54.5 Å². The lowest BCUT2D eigenvalue weighted by Crippen LogP contribution is -2.15. The van der Waals surface area contributed by atoms with Crippen molar-refractivity contribution < 1.29 is 9.59 Å². The number of carbonyl (C=O) groups excluding carboxylic acids is 2. The third kappa shape index (κ3) is 5.95. The van der Waals surface area contributed by atoms with Crippen LogP contribution in [0.5, 0.6) is 0 Å². The van der Waals surface area contributed by atoms with Crippen molar-refractivity contribution in [3.63, 3.8) is 0 Å².